The monoisotopic (exact) mass is 359 g/mol. The van der Waals surface area contributed by atoms with E-state index in [1.807, 2.05) is 62.4 Å². The molecule has 5 heteroatoms. The van der Waals surface area contributed by atoms with Crippen molar-refractivity contribution in [1.29, 1.82) is 0 Å². The fourth-order valence-corrected chi connectivity index (χ4v) is 3.53. The highest BCUT2D eigenvalue weighted by Gasteiger charge is 2.22. The van der Waals surface area contributed by atoms with Gasteiger partial charge >= 0.3 is 0 Å². The molecule has 1 aromatic heterocycles. The second-order valence-corrected chi connectivity index (χ2v) is 6.99. The molecule has 1 aliphatic heterocycles. The standard InChI is InChI=1S/C22H21N3O2/c1-14-8-9-20-18(11-14)19(12-15(2)23-20)22(27)24-16-5-3-6-17(13-16)25-10-4-7-21(25)26/h3,5-6,8-9,11-13H,4,7,10H2,1-2H3,(H,24,27). The van der Waals surface area contributed by atoms with Crippen molar-refractivity contribution in [2.24, 2.45) is 0 Å². The van der Waals surface area contributed by atoms with Crippen molar-refractivity contribution in [3.63, 3.8) is 0 Å². The summed E-state index contributed by atoms with van der Waals surface area (Å²) in [6.45, 7) is 4.61. The van der Waals surface area contributed by atoms with Gasteiger partial charge in [-0.3, -0.25) is 14.6 Å². The van der Waals surface area contributed by atoms with Crippen LogP contribution in [-0.4, -0.2) is 23.3 Å². The lowest BCUT2D eigenvalue weighted by Gasteiger charge is -2.17. The van der Waals surface area contributed by atoms with Crippen molar-refractivity contribution in [2.45, 2.75) is 26.7 Å². The number of aryl methyl sites for hydroxylation is 2. The molecule has 2 amide bonds. The van der Waals surface area contributed by atoms with Gasteiger partial charge in [-0.25, -0.2) is 0 Å². The Morgan fingerprint density at radius 3 is 2.74 bits per heavy atom. The number of hydrogen-bond donors (Lipinski definition) is 1. The van der Waals surface area contributed by atoms with E-state index in [-0.39, 0.29) is 11.8 Å². The third-order valence-electron chi connectivity index (χ3n) is 4.83. The number of aromatic nitrogens is 1. The van der Waals surface area contributed by atoms with Crippen LogP contribution in [-0.2, 0) is 4.79 Å². The number of rotatable bonds is 3. The van der Waals surface area contributed by atoms with E-state index >= 15 is 0 Å². The number of nitrogens with zero attached hydrogens (tertiary/aromatic N) is 2. The molecule has 1 fully saturated rings. The second kappa shape index (κ2) is 6.83. The van der Waals surface area contributed by atoms with E-state index < -0.39 is 0 Å². The zero-order valence-electron chi connectivity index (χ0n) is 15.5. The fourth-order valence-electron chi connectivity index (χ4n) is 3.53. The van der Waals surface area contributed by atoms with Crippen molar-refractivity contribution in [3.05, 3.63) is 65.4 Å². The Bertz CT molecular complexity index is 1060. The molecule has 5 nitrogen and oxygen atoms in total. The van der Waals surface area contributed by atoms with Gasteiger partial charge in [0, 0.05) is 35.4 Å². The SMILES string of the molecule is Cc1ccc2nc(C)cc(C(=O)Nc3cccc(N4CCCC4=O)c3)c2c1. The summed E-state index contributed by atoms with van der Waals surface area (Å²) in [6, 6.07) is 15.2. The van der Waals surface area contributed by atoms with Crippen molar-refractivity contribution in [1.82, 2.24) is 4.98 Å². The van der Waals surface area contributed by atoms with Crippen LogP contribution in [0.5, 0.6) is 0 Å². The van der Waals surface area contributed by atoms with E-state index in [4.69, 9.17) is 0 Å². The summed E-state index contributed by atoms with van der Waals surface area (Å²) in [7, 11) is 0. The maximum atomic E-state index is 13.0. The maximum absolute atomic E-state index is 13.0. The predicted molar refractivity (Wildman–Crippen MR) is 107 cm³/mol. The summed E-state index contributed by atoms with van der Waals surface area (Å²) in [5, 5.41) is 3.81. The Kier molecular flexibility index (Phi) is 4.36. The minimum absolute atomic E-state index is 0.129. The average Bonchev–Trinajstić information content (AvgIpc) is 3.07. The maximum Gasteiger partial charge on any atom is 0.256 e. The number of amides is 2. The first-order valence-corrected chi connectivity index (χ1v) is 9.11. The molecule has 0 saturated carbocycles. The van der Waals surface area contributed by atoms with Gasteiger partial charge in [-0.15, -0.1) is 0 Å². The predicted octanol–water partition coefficient (Wildman–Crippen LogP) is 4.23. The molecule has 0 radical (unpaired) electrons. The van der Waals surface area contributed by atoms with Crippen molar-refractivity contribution in [3.8, 4) is 0 Å². The highest BCUT2D eigenvalue weighted by atomic mass is 16.2. The molecule has 0 spiro atoms. The van der Waals surface area contributed by atoms with E-state index in [9.17, 15) is 9.59 Å². The first-order chi connectivity index (χ1) is 13.0. The fraction of sp³-hybridized carbons (Fsp3) is 0.227. The third kappa shape index (κ3) is 3.40. The molecule has 3 aromatic rings. The van der Waals surface area contributed by atoms with Crippen LogP contribution in [0.1, 0.15) is 34.5 Å². The summed E-state index contributed by atoms with van der Waals surface area (Å²) in [4.78, 5) is 31.2. The van der Waals surface area contributed by atoms with Crippen LogP contribution in [0, 0.1) is 13.8 Å². The number of benzene rings is 2. The van der Waals surface area contributed by atoms with Crippen LogP contribution in [0.3, 0.4) is 0 Å². The number of hydrogen-bond acceptors (Lipinski definition) is 3. The molecule has 2 aromatic carbocycles. The average molecular weight is 359 g/mol. The van der Waals surface area contributed by atoms with E-state index in [1.165, 1.54) is 0 Å². The molecule has 1 N–H and O–H groups in total. The zero-order chi connectivity index (χ0) is 19.0. The van der Waals surface area contributed by atoms with E-state index in [2.05, 4.69) is 10.3 Å². The summed E-state index contributed by atoms with van der Waals surface area (Å²) in [5.74, 6) is -0.0503. The van der Waals surface area contributed by atoms with E-state index in [0.29, 0.717) is 17.7 Å². The Morgan fingerprint density at radius 2 is 1.96 bits per heavy atom. The second-order valence-electron chi connectivity index (χ2n) is 6.99. The minimum atomic E-state index is -0.180. The third-order valence-corrected chi connectivity index (χ3v) is 4.83. The number of carbonyl (C=O) groups excluding carboxylic acids is 2. The molecule has 1 aliphatic rings. The lowest BCUT2D eigenvalue weighted by Crippen LogP contribution is -2.23. The molecule has 136 valence electrons. The van der Waals surface area contributed by atoms with Gasteiger partial charge in [0.2, 0.25) is 5.91 Å². The molecule has 0 unspecified atom stereocenters. The molecule has 1 saturated heterocycles. The van der Waals surface area contributed by atoms with Crippen LogP contribution < -0.4 is 10.2 Å². The topological polar surface area (TPSA) is 62.3 Å². The first-order valence-electron chi connectivity index (χ1n) is 9.11. The van der Waals surface area contributed by atoms with Crippen molar-refractivity contribution < 1.29 is 9.59 Å². The zero-order valence-corrected chi connectivity index (χ0v) is 15.5. The Morgan fingerprint density at radius 1 is 1.11 bits per heavy atom. The van der Waals surface area contributed by atoms with Gasteiger partial charge in [0.25, 0.3) is 5.91 Å². The van der Waals surface area contributed by atoms with Crippen LogP contribution in [0.25, 0.3) is 10.9 Å². The molecular weight excluding hydrogens is 338 g/mol. The molecule has 27 heavy (non-hydrogen) atoms. The summed E-state index contributed by atoms with van der Waals surface area (Å²) >= 11 is 0. The molecule has 4 rings (SSSR count). The molecule has 2 heterocycles. The first kappa shape index (κ1) is 17.2. The number of anilines is 2. The van der Waals surface area contributed by atoms with Crippen LogP contribution in [0.2, 0.25) is 0 Å². The lowest BCUT2D eigenvalue weighted by molar-refractivity contribution is -0.117. The van der Waals surface area contributed by atoms with Crippen molar-refractivity contribution >= 4 is 34.1 Å². The van der Waals surface area contributed by atoms with Gasteiger partial charge in [-0.05, 0) is 56.7 Å². The van der Waals surface area contributed by atoms with E-state index in [0.717, 1.165) is 40.8 Å². The largest absolute Gasteiger partial charge is 0.322 e. The summed E-state index contributed by atoms with van der Waals surface area (Å²) < 4.78 is 0. The van der Waals surface area contributed by atoms with Gasteiger partial charge in [0.1, 0.15) is 0 Å². The van der Waals surface area contributed by atoms with Gasteiger partial charge in [-0.2, -0.15) is 0 Å². The van der Waals surface area contributed by atoms with Gasteiger partial charge < -0.3 is 10.2 Å². The number of pyridine rings is 1. The molecule has 0 aliphatic carbocycles. The highest BCUT2D eigenvalue weighted by Crippen LogP contribution is 2.26. The minimum Gasteiger partial charge on any atom is -0.322 e. The Labute approximate surface area is 158 Å². The molecular formula is C22H21N3O2. The Hall–Kier alpha value is -3.21. The summed E-state index contributed by atoms with van der Waals surface area (Å²) in [5.41, 5.74) is 4.78. The smallest absolute Gasteiger partial charge is 0.256 e. The van der Waals surface area contributed by atoms with Gasteiger partial charge in [0.05, 0.1) is 11.1 Å². The molecule has 0 atom stereocenters. The van der Waals surface area contributed by atoms with Crippen LogP contribution in [0.15, 0.2) is 48.5 Å². The number of nitrogens with one attached hydrogen (secondary N) is 1. The van der Waals surface area contributed by atoms with E-state index in [1.54, 1.807) is 4.90 Å². The van der Waals surface area contributed by atoms with Crippen LogP contribution in [0.4, 0.5) is 11.4 Å². The quantitative estimate of drug-likeness (QED) is 0.761. The molecule has 0 bridgehead atoms. The van der Waals surface area contributed by atoms with Crippen LogP contribution >= 0.6 is 0 Å². The normalized spacial score (nSPS) is 14.0. The van der Waals surface area contributed by atoms with Gasteiger partial charge in [0.15, 0.2) is 0 Å². The number of carbonyl (C=O) groups is 2. The van der Waals surface area contributed by atoms with Crippen molar-refractivity contribution in [2.75, 3.05) is 16.8 Å². The lowest BCUT2D eigenvalue weighted by atomic mass is 10.0. The highest BCUT2D eigenvalue weighted by molar-refractivity contribution is 6.12. The summed E-state index contributed by atoms with van der Waals surface area (Å²) in [6.07, 6.45) is 1.45. The van der Waals surface area contributed by atoms with Gasteiger partial charge in [-0.1, -0.05) is 17.7 Å². The number of fused-ring (bicyclic) bond motifs is 1. The Balaban J connectivity index is 1.66.